The fraction of sp³-hybridized carbons (Fsp3) is 0.346. The van der Waals surface area contributed by atoms with E-state index in [1.165, 1.54) is 29.2 Å². The van der Waals surface area contributed by atoms with Crippen molar-refractivity contribution in [3.8, 4) is 11.5 Å². The zero-order valence-electron chi connectivity index (χ0n) is 20.3. The summed E-state index contributed by atoms with van der Waals surface area (Å²) in [5.41, 5.74) is 0.855. The molecule has 0 atom stereocenters. The number of rotatable bonds is 8. The van der Waals surface area contributed by atoms with Crippen LogP contribution in [0, 0.1) is 0 Å². The van der Waals surface area contributed by atoms with Crippen LogP contribution in [-0.4, -0.2) is 50.9 Å². The normalized spacial score (nSPS) is 11.3. The molecule has 186 valence electrons. The zero-order chi connectivity index (χ0) is 25.8. The summed E-state index contributed by atoms with van der Waals surface area (Å²) in [6.45, 7) is 7.86. The van der Waals surface area contributed by atoms with Gasteiger partial charge in [0.05, 0.1) is 24.2 Å². The lowest BCUT2D eigenvalue weighted by Crippen LogP contribution is -2.37. The molecular weight excluding hydrogens is 452 g/mol. The Morgan fingerprint density at radius 3 is 2.43 bits per heavy atom. The van der Waals surface area contributed by atoms with E-state index in [2.05, 4.69) is 4.98 Å². The Labute approximate surface area is 202 Å². The predicted molar refractivity (Wildman–Crippen MR) is 131 cm³/mol. The van der Waals surface area contributed by atoms with Gasteiger partial charge in [0.25, 0.3) is 0 Å². The number of carbonyl (C=O) groups excluding carboxylic acids is 1. The highest BCUT2D eigenvalue weighted by atomic mass is 16.6. The van der Waals surface area contributed by atoms with Crippen LogP contribution in [0.1, 0.15) is 49.2 Å². The first kappa shape index (κ1) is 25.6. The number of phenols is 1. The summed E-state index contributed by atoms with van der Waals surface area (Å²) >= 11 is 0. The fourth-order valence-corrected chi connectivity index (χ4v) is 3.65. The lowest BCUT2D eigenvalue weighted by Gasteiger charge is -2.28. The molecule has 0 spiro atoms. The SMILES string of the molecule is CCOc1cc(C(=O)O)ccc1CN(CCc1ccc(O)c2[nH]c(=O)ccc12)C(=O)OC(C)(C)C. The average Bonchev–Trinajstić information content (AvgIpc) is 2.77. The Morgan fingerprint density at radius 2 is 1.77 bits per heavy atom. The Hall–Kier alpha value is -4.01. The summed E-state index contributed by atoms with van der Waals surface area (Å²) in [5.74, 6) is -0.724. The Kier molecular flexibility index (Phi) is 7.68. The van der Waals surface area contributed by atoms with Gasteiger partial charge in [-0.2, -0.15) is 0 Å². The second kappa shape index (κ2) is 10.5. The van der Waals surface area contributed by atoms with Gasteiger partial charge >= 0.3 is 12.1 Å². The van der Waals surface area contributed by atoms with Crippen LogP contribution in [0.5, 0.6) is 11.5 Å². The number of pyridine rings is 1. The van der Waals surface area contributed by atoms with Gasteiger partial charge in [-0.15, -0.1) is 0 Å². The number of aromatic hydroxyl groups is 1. The van der Waals surface area contributed by atoms with Crippen LogP contribution in [0.3, 0.4) is 0 Å². The molecule has 9 heteroatoms. The van der Waals surface area contributed by atoms with E-state index >= 15 is 0 Å². The van der Waals surface area contributed by atoms with Crippen molar-refractivity contribution >= 4 is 23.0 Å². The summed E-state index contributed by atoms with van der Waals surface area (Å²) in [7, 11) is 0. The van der Waals surface area contributed by atoms with Crippen molar-refractivity contribution in [2.24, 2.45) is 0 Å². The highest BCUT2D eigenvalue weighted by Crippen LogP contribution is 2.27. The number of aromatic amines is 1. The number of nitrogens with zero attached hydrogens (tertiary/aromatic N) is 1. The first-order valence-corrected chi connectivity index (χ1v) is 11.3. The number of carbonyl (C=O) groups is 2. The highest BCUT2D eigenvalue weighted by molar-refractivity contribution is 5.88. The minimum absolute atomic E-state index is 0.0367. The molecule has 0 saturated carbocycles. The third-order valence-electron chi connectivity index (χ3n) is 5.24. The molecule has 0 saturated heterocycles. The molecule has 3 aromatic rings. The van der Waals surface area contributed by atoms with E-state index in [1.807, 2.05) is 0 Å². The number of carboxylic acid groups (broad SMARTS) is 1. The molecule has 0 radical (unpaired) electrons. The Balaban J connectivity index is 1.93. The van der Waals surface area contributed by atoms with Gasteiger partial charge in [0, 0.05) is 23.6 Å². The molecule has 1 amide bonds. The number of benzene rings is 2. The smallest absolute Gasteiger partial charge is 0.410 e. The third kappa shape index (κ3) is 6.53. The van der Waals surface area contributed by atoms with Crippen LogP contribution >= 0.6 is 0 Å². The van der Waals surface area contributed by atoms with E-state index < -0.39 is 17.7 Å². The number of hydrogen-bond acceptors (Lipinski definition) is 6. The second-order valence-corrected chi connectivity index (χ2v) is 9.07. The molecule has 1 heterocycles. The van der Waals surface area contributed by atoms with Crippen molar-refractivity contribution in [2.45, 2.75) is 46.3 Å². The number of aromatic carboxylic acids is 1. The molecule has 9 nitrogen and oxygen atoms in total. The van der Waals surface area contributed by atoms with Crippen molar-refractivity contribution in [2.75, 3.05) is 13.2 Å². The molecular formula is C26H30N2O7. The summed E-state index contributed by atoms with van der Waals surface area (Å²) < 4.78 is 11.3. The molecule has 0 aliphatic heterocycles. The first-order chi connectivity index (χ1) is 16.5. The molecule has 0 bridgehead atoms. The van der Waals surface area contributed by atoms with Crippen molar-refractivity contribution in [1.82, 2.24) is 9.88 Å². The van der Waals surface area contributed by atoms with E-state index in [-0.39, 0.29) is 30.0 Å². The first-order valence-electron chi connectivity index (χ1n) is 11.3. The lowest BCUT2D eigenvalue weighted by atomic mass is 10.0. The highest BCUT2D eigenvalue weighted by Gasteiger charge is 2.24. The van der Waals surface area contributed by atoms with E-state index in [0.29, 0.717) is 35.2 Å². The summed E-state index contributed by atoms with van der Waals surface area (Å²) in [6.07, 6.45) is -0.113. The molecule has 0 fully saturated rings. The maximum Gasteiger partial charge on any atom is 0.410 e. The molecule has 0 aliphatic rings. The van der Waals surface area contributed by atoms with Gasteiger partial charge < -0.3 is 29.6 Å². The number of aromatic nitrogens is 1. The van der Waals surface area contributed by atoms with E-state index in [9.17, 15) is 24.6 Å². The number of phenolic OH excluding ortho intramolecular Hbond substituents is 1. The average molecular weight is 483 g/mol. The lowest BCUT2D eigenvalue weighted by molar-refractivity contribution is 0.0234. The number of carboxylic acids is 1. The fourth-order valence-electron chi connectivity index (χ4n) is 3.65. The number of hydrogen-bond donors (Lipinski definition) is 3. The largest absolute Gasteiger partial charge is 0.506 e. The number of amides is 1. The minimum Gasteiger partial charge on any atom is -0.506 e. The molecule has 35 heavy (non-hydrogen) atoms. The third-order valence-corrected chi connectivity index (χ3v) is 5.24. The molecule has 0 unspecified atom stereocenters. The van der Waals surface area contributed by atoms with Gasteiger partial charge in [-0.3, -0.25) is 4.79 Å². The van der Waals surface area contributed by atoms with Crippen molar-refractivity contribution in [3.63, 3.8) is 0 Å². The van der Waals surface area contributed by atoms with Crippen molar-refractivity contribution in [1.29, 1.82) is 0 Å². The predicted octanol–water partition coefficient (Wildman–Crippen LogP) is 4.31. The van der Waals surface area contributed by atoms with Gasteiger partial charge in [-0.25, -0.2) is 9.59 Å². The number of H-pyrrole nitrogens is 1. The van der Waals surface area contributed by atoms with E-state index in [0.717, 1.165) is 5.56 Å². The maximum absolute atomic E-state index is 13.1. The van der Waals surface area contributed by atoms with Gasteiger partial charge in [0.1, 0.15) is 17.1 Å². The molecule has 3 rings (SSSR count). The zero-order valence-corrected chi connectivity index (χ0v) is 20.3. The van der Waals surface area contributed by atoms with Gasteiger partial charge in [-0.05, 0) is 63.9 Å². The van der Waals surface area contributed by atoms with Crippen LogP contribution < -0.4 is 10.3 Å². The van der Waals surface area contributed by atoms with Crippen molar-refractivity contribution in [3.05, 3.63) is 69.5 Å². The maximum atomic E-state index is 13.1. The summed E-state index contributed by atoms with van der Waals surface area (Å²) in [4.78, 5) is 40.3. The molecule has 1 aromatic heterocycles. The summed E-state index contributed by atoms with van der Waals surface area (Å²) in [5, 5.41) is 20.1. The minimum atomic E-state index is -1.07. The quantitative estimate of drug-likeness (QED) is 0.436. The van der Waals surface area contributed by atoms with E-state index in [1.54, 1.807) is 45.9 Å². The van der Waals surface area contributed by atoms with Gasteiger partial charge in [-0.1, -0.05) is 12.1 Å². The van der Waals surface area contributed by atoms with Crippen LogP contribution in [0.2, 0.25) is 0 Å². The van der Waals surface area contributed by atoms with Crippen LogP contribution in [0.25, 0.3) is 10.9 Å². The van der Waals surface area contributed by atoms with Crippen LogP contribution in [0.15, 0.2) is 47.3 Å². The van der Waals surface area contributed by atoms with Gasteiger partial charge in [0.2, 0.25) is 5.56 Å². The topological polar surface area (TPSA) is 129 Å². The van der Waals surface area contributed by atoms with Gasteiger partial charge in [0.15, 0.2) is 0 Å². The number of fused-ring (bicyclic) bond motifs is 1. The number of ether oxygens (including phenoxy) is 2. The molecule has 2 aromatic carbocycles. The Morgan fingerprint density at radius 1 is 1.06 bits per heavy atom. The standard InChI is InChI=1S/C26H30N2O7/c1-5-34-21-14-17(24(31)32)6-7-18(21)15-28(25(33)35-26(2,3)4)13-12-16-8-10-20(29)23-19(16)9-11-22(30)27-23/h6-11,14,29H,5,12-13,15H2,1-4H3,(H,27,30)(H,31,32). The van der Waals surface area contributed by atoms with E-state index in [4.69, 9.17) is 9.47 Å². The van der Waals surface area contributed by atoms with Crippen LogP contribution in [-0.2, 0) is 17.7 Å². The monoisotopic (exact) mass is 482 g/mol. The van der Waals surface area contributed by atoms with Crippen molar-refractivity contribution < 1.29 is 29.3 Å². The second-order valence-electron chi connectivity index (χ2n) is 9.07. The number of nitrogens with one attached hydrogen (secondary N) is 1. The summed E-state index contributed by atoms with van der Waals surface area (Å²) in [6, 6.07) is 10.8. The molecule has 3 N–H and O–H groups in total. The van der Waals surface area contributed by atoms with Crippen LogP contribution in [0.4, 0.5) is 4.79 Å². The molecule has 0 aliphatic carbocycles. The Bertz CT molecular complexity index is 1290.